The van der Waals surface area contributed by atoms with Gasteiger partial charge in [0, 0.05) is 23.9 Å². The smallest absolute Gasteiger partial charge is 0.275 e. The Morgan fingerprint density at radius 3 is 2.48 bits per heavy atom. The number of hydrogen-bond acceptors (Lipinski definition) is 6. The van der Waals surface area contributed by atoms with Gasteiger partial charge in [-0.2, -0.15) is 5.10 Å². The van der Waals surface area contributed by atoms with Gasteiger partial charge in [0.2, 0.25) is 5.91 Å². The Balaban J connectivity index is 1.57. The van der Waals surface area contributed by atoms with Crippen molar-refractivity contribution in [3.05, 3.63) is 75.0 Å². The van der Waals surface area contributed by atoms with Crippen LogP contribution in [0.5, 0.6) is 0 Å². The minimum absolute atomic E-state index is 0.140. The number of hydrogen-bond donors (Lipinski definition) is 1. The fourth-order valence-electron chi connectivity index (χ4n) is 3.09. The fraction of sp³-hybridized carbons (Fsp3) is 0.190. The quantitative estimate of drug-likeness (QED) is 0.533. The van der Waals surface area contributed by atoms with E-state index in [-0.39, 0.29) is 18.0 Å². The summed E-state index contributed by atoms with van der Waals surface area (Å²) in [5, 5.41) is 18.4. The Morgan fingerprint density at radius 1 is 1.03 bits per heavy atom. The number of fused-ring (bicyclic) bond motifs is 1. The molecule has 4 rings (SSSR count). The van der Waals surface area contributed by atoms with Crippen LogP contribution in [0.15, 0.2) is 59.4 Å². The van der Waals surface area contributed by atoms with Crippen LogP contribution in [-0.4, -0.2) is 32.4 Å². The van der Waals surface area contributed by atoms with Crippen LogP contribution in [-0.2, 0) is 17.8 Å². The number of carbonyl (C=O) groups is 1. The van der Waals surface area contributed by atoms with Crippen LogP contribution in [0, 0.1) is 6.92 Å². The highest BCUT2D eigenvalue weighted by Crippen LogP contribution is 2.24. The van der Waals surface area contributed by atoms with Crippen molar-refractivity contribution in [3.63, 3.8) is 0 Å². The van der Waals surface area contributed by atoms with E-state index in [1.165, 1.54) is 16.0 Å². The molecule has 2 aromatic heterocycles. The number of aryl methyl sites for hydroxylation is 1. The molecule has 0 atom stereocenters. The first-order chi connectivity index (χ1) is 14.1. The topological polar surface area (TPSA) is 89.8 Å². The van der Waals surface area contributed by atoms with Crippen molar-refractivity contribution < 1.29 is 4.79 Å². The molecule has 1 N–H and O–H groups in total. The largest absolute Gasteiger partial charge is 0.354 e. The lowest BCUT2D eigenvalue weighted by atomic mass is 10.1. The number of nitrogens with zero attached hydrogens (tertiary/aromatic N) is 4. The summed E-state index contributed by atoms with van der Waals surface area (Å²) in [6, 6.07) is 17.0. The van der Waals surface area contributed by atoms with Crippen LogP contribution in [0.25, 0.3) is 22.0 Å². The molecule has 0 aliphatic carbocycles. The van der Waals surface area contributed by atoms with Crippen molar-refractivity contribution >= 4 is 28.0 Å². The van der Waals surface area contributed by atoms with Gasteiger partial charge in [-0.3, -0.25) is 9.59 Å². The SMILES string of the molecule is Cc1nnc(CCNC(=O)Cn2nc(-c3ccccc3)c3ccccc3c2=O)s1. The second-order valence-corrected chi connectivity index (χ2v) is 7.80. The second-order valence-electron chi connectivity index (χ2n) is 6.54. The van der Waals surface area contributed by atoms with E-state index in [0.29, 0.717) is 24.0 Å². The van der Waals surface area contributed by atoms with Crippen LogP contribution in [0.2, 0.25) is 0 Å². The Morgan fingerprint density at radius 2 is 1.76 bits per heavy atom. The molecule has 7 nitrogen and oxygen atoms in total. The molecular weight excluding hydrogens is 386 g/mol. The first kappa shape index (κ1) is 18.9. The molecule has 0 spiro atoms. The van der Waals surface area contributed by atoms with Gasteiger partial charge in [0.1, 0.15) is 16.6 Å². The number of nitrogens with one attached hydrogen (secondary N) is 1. The molecule has 2 aromatic carbocycles. The van der Waals surface area contributed by atoms with Gasteiger partial charge in [-0.05, 0) is 13.0 Å². The van der Waals surface area contributed by atoms with Gasteiger partial charge >= 0.3 is 0 Å². The van der Waals surface area contributed by atoms with E-state index in [9.17, 15) is 9.59 Å². The molecule has 8 heteroatoms. The predicted octanol–water partition coefficient (Wildman–Crippen LogP) is 2.58. The van der Waals surface area contributed by atoms with Gasteiger partial charge in [0.25, 0.3) is 5.56 Å². The molecule has 146 valence electrons. The first-order valence-corrected chi connectivity index (χ1v) is 10.0. The molecule has 1 amide bonds. The summed E-state index contributed by atoms with van der Waals surface area (Å²) in [5.74, 6) is -0.268. The summed E-state index contributed by atoms with van der Waals surface area (Å²) in [5.41, 5.74) is 1.29. The van der Waals surface area contributed by atoms with Crippen LogP contribution in [0.4, 0.5) is 0 Å². The fourth-order valence-corrected chi connectivity index (χ4v) is 3.80. The van der Waals surface area contributed by atoms with Crippen molar-refractivity contribution in [3.8, 4) is 11.3 Å². The second kappa shape index (κ2) is 8.32. The molecule has 0 unspecified atom stereocenters. The number of aromatic nitrogens is 4. The monoisotopic (exact) mass is 405 g/mol. The zero-order chi connectivity index (χ0) is 20.2. The van der Waals surface area contributed by atoms with Crippen molar-refractivity contribution in [2.45, 2.75) is 19.9 Å². The van der Waals surface area contributed by atoms with Crippen molar-refractivity contribution in [1.82, 2.24) is 25.3 Å². The van der Waals surface area contributed by atoms with Gasteiger partial charge in [-0.25, -0.2) is 4.68 Å². The molecule has 29 heavy (non-hydrogen) atoms. The lowest BCUT2D eigenvalue weighted by molar-refractivity contribution is -0.121. The highest BCUT2D eigenvalue weighted by molar-refractivity contribution is 7.11. The molecule has 2 heterocycles. The van der Waals surface area contributed by atoms with E-state index in [0.717, 1.165) is 21.0 Å². The zero-order valence-electron chi connectivity index (χ0n) is 15.8. The van der Waals surface area contributed by atoms with E-state index in [4.69, 9.17) is 0 Å². The predicted molar refractivity (Wildman–Crippen MR) is 113 cm³/mol. The number of rotatable bonds is 6. The van der Waals surface area contributed by atoms with Gasteiger partial charge in [0.05, 0.1) is 11.1 Å². The van der Waals surface area contributed by atoms with Crippen molar-refractivity contribution in [2.75, 3.05) is 6.54 Å². The molecule has 0 radical (unpaired) electrons. The van der Waals surface area contributed by atoms with E-state index in [2.05, 4.69) is 20.6 Å². The molecule has 0 saturated heterocycles. The van der Waals surface area contributed by atoms with Gasteiger partial charge in [-0.1, -0.05) is 48.5 Å². The lowest BCUT2D eigenvalue weighted by Gasteiger charge is -2.11. The standard InChI is InChI=1S/C21H19N5O2S/c1-14-23-24-19(29-14)11-12-22-18(27)13-26-21(28)17-10-6-5-9-16(17)20(25-26)15-7-3-2-4-8-15/h2-10H,11-13H2,1H3,(H,22,27). The molecule has 0 aliphatic rings. The molecule has 0 saturated carbocycles. The van der Waals surface area contributed by atoms with Crippen molar-refractivity contribution in [1.29, 1.82) is 0 Å². The third-order valence-electron chi connectivity index (χ3n) is 4.44. The van der Waals surface area contributed by atoms with E-state index >= 15 is 0 Å². The maximum absolute atomic E-state index is 12.8. The maximum Gasteiger partial charge on any atom is 0.275 e. The third kappa shape index (κ3) is 4.22. The van der Waals surface area contributed by atoms with Crippen LogP contribution >= 0.6 is 11.3 Å². The summed E-state index contributed by atoms with van der Waals surface area (Å²) in [7, 11) is 0. The minimum atomic E-state index is -0.282. The van der Waals surface area contributed by atoms with E-state index in [1.807, 2.05) is 55.5 Å². The Bertz CT molecular complexity index is 1220. The summed E-state index contributed by atoms with van der Waals surface area (Å²) in [6.07, 6.45) is 0.604. The lowest BCUT2D eigenvalue weighted by Crippen LogP contribution is -2.34. The number of benzene rings is 2. The van der Waals surface area contributed by atoms with Crippen LogP contribution < -0.4 is 10.9 Å². The molecule has 4 aromatic rings. The number of carbonyl (C=O) groups excluding carboxylic acids is 1. The van der Waals surface area contributed by atoms with Crippen LogP contribution in [0.1, 0.15) is 10.0 Å². The summed E-state index contributed by atoms with van der Waals surface area (Å²) < 4.78 is 1.23. The van der Waals surface area contributed by atoms with Crippen LogP contribution in [0.3, 0.4) is 0 Å². The Hall–Kier alpha value is -3.39. The molecule has 0 bridgehead atoms. The molecule has 0 aliphatic heterocycles. The summed E-state index contributed by atoms with van der Waals surface area (Å²) >= 11 is 1.51. The van der Waals surface area contributed by atoms with Gasteiger partial charge in [0.15, 0.2) is 0 Å². The van der Waals surface area contributed by atoms with Crippen molar-refractivity contribution in [2.24, 2.45) is 0 Å². The van der Waals surface area contributed by atoms with Gasteiger partial charge in [-0.15, -0.1) is 21.5 Å². The van der Waals surface area contributed by atoms with E-state index in [1.54, 1.807) is 6.07 Å². The minimum Gasteiger partial charge on any atom is -0.354 e. The summed E-state index contributed by atoms with van der Waals surface area (Å²) in [4.78, 5) is 25.2. The highest BCUT2D eigenvalue weighted by atomic mass is 32.1. The Kier molecular flexibility index (Phi) is 5.44. The Labute approximate surface area is 171 Å². The van der Waals surface area contributed by atoms with E-state index < -0.39 is 0 Å². The molecule has 0 fully saturated rings. The normalized spacial score (nSPS) is 10.9. The number of amides is 1. The highest BCUT2D eigenvalue weighted by Gasteiger charge is 2.14. The average Bonchev–Trinajstić information content (AvgIpc) is 3.16. The maximum atomic E-state index is 12.8. The zero-order valence-corrected chi connectivity index (χ0v) is 16.6. The third-order valence-corrected chi connectivity index (χ3v) is 5.34. The first-order valence-electron chi connectivity index (χ1n) is 9.23. The molecular formula is C21H19N5O2S. The average molecular weight is 405 g/mol. The summed E-state index contributed by atoms with van der Waals surface area (Å²) in [6.45, 7) is 2.18. The van der Waals surface area contributed by atoms with Gasteiger partial charge < -0.3 is 5.32 Å².